The number of aromatic nitrogens is 1. The summed E-state index contributed by atoms with van der Waals surface area (Å²) in [6, 6.07) is 3.41. The van der Waals surface area contributed by atoms with E-state index >= 15 is 0 Å². The van der Waals surface area contributed by atoms with Crippen LogP contribution in [0.25, 0.3) is 0 Å². The summed E-state index contributed by atoms with van der Waals surface area (Å²) in [6.07, 6.45) is 0. The van der Waals surface area contributed by atoms with Gasteiger partial charge in [0.25, 0.3) is 0 Å². The van der Waals surface area contributed by atoms with Crippen LogP contribution in [-0.4, -0.2) is 4.98 Å². The van der Waals surface area contributed by atoms with E-state index in [1.54, 1.807) is 12.1 Å². The zero-order valence-electron chi connectivity index (χ0n) is 4.24. The molecule has 0 unspecified atom stereocenters. The molecule has 0 N–H and O–H groups in total. The highest BCUT2D eigenvalue weighted by Gasteiger charge is 1.96. The van der Waals surface area contributed by atoms with Crippen LogP contribution < -0.4 is 0 Å². The fourth-order valence-corrected chi connectivity index (χ4v) is 1.07. The van der Waals surface area contributed by atoms with Gasteiger partial charge in [0.1, 0.15) is 9.76 Å². The molecule has 0 aromatic carbocycles. The minimum atomic E-state index is 0.325. The lowest BCUT2D eigenvalue weighted by atomic mass is 10.5. The highest BCUT2D eigenvalue weighted by atomic mass is 79.9. The average Bonchev–Trinajstić information content (AvgIpc) is 1.80. The summed E-state index contributed by atoms with van der Waals surface area (Å²) in [5.74, 6) is 0. The van der Waals surface area contributed by atoms with E-state index in [1.165, 1.54) is 0 Å². The average molecular weight is 227 g/mol. The number of hydrogen-bond acceptors (Lipinski definition) is 1. The van der Waals surface area contributed by atoms with Crippen LogP contribution in [0.1, 0.15) is 0 Å². The van der Waals surface area contributed by atoms with E-state index in [1.807, 2.05) is 0 Å². The Morgan fingerprint density at radius 3 is 2.44 bits per heavy atom. The highest BCUT2D eigenvalue weighted by Crippen LogP contribution is 2.20. The molecular weight excluding hydrogens is 225 g/mol. The predicted molar refractivity (Wildman–Crippen MR) is 42.0 cm³/mol. The van der Waals surface area contributed by atoms with Crippen molar-refractivity contribution in [1.29, 1.82) is 0 Å². The van der Waals surface area contributed by atoms with Gasteiger partial charge in [-0.15, -0.1) is 0 Å². The molecule has 0 saturated heterocycles. The summed E-state index contributed by atoms with van der Waals surface area (Å²) in [5, 5.41) is 0.797. The van der Waals surface area contributed by atoms with E-state index in [2.05, 4.69) is 20.9 Å². The van der Waals surface area contributed by atoms with Crippen LogP contribution in [-0.2, 0) is 0 Å². The Morgan fingerprint density at radius 2 is 2.00 bits per heavy atom. The molecule has 1 heterocycles. The van der Waals surface area contributed by atoms with E-state index in [9.17, 15) is 0 Å². The molecule has 0 saturated carbocycles. The van der Waals surface area contributed by atoms with E-state index < -0.39 is 0 Å². The Kier molecular flexibility index (Phi) is 2.33. The molecule has 1 rings (SSSR count). The van der Waals surface area contributed by atoms with Crippen molar-refractivity contribution in [1.82, 2.24) is 4.98 Å². The number of hydrogen-bond donors (Lipinski definition) is 0. The first-order chi connectivity index (χ1) is 4.20. The lowest BCUT2D eigenvalue weighted by molar-refractivity contribution is 1.28. The first-order valence-electron chi connectivity index (χ1n) is 2.17. The van der Waals surface area contributed by atoms with Crippen molar-refractivity contribution >= 4 is 39.1 Å². The Morgan fingerprint density at radius 1 is 1.33 bits per heavy atom. The van der Waals surface area contributed by atoms with Crippen molar-refractivity contribution in [2.24, 2.45) is 0 Å². The van der Waals surface area contributed by atoms with Crippen molar-refractivity contribution in [3.63, 3.8) is 0 Å². The van der Waals surface area contributed by atoms with Gasteiger partial charge in [-0.05, 0) is 28.1 Å². The minimum Gasteiger partial charge on any atom is -0.228 e. The topological polar surface area (TPSA) is 12.9 Å². The largest absolute Gasteiger partial charge is 0.228 e. The van der Waals surface area contributed by atoms with Crippen LogP contribution in [0.5, 0.6) is 0 Å². The summed E-state index contributed by atoms with van der Waals surface area (Å²) >= 11 is 14.2. The van der Waals surface area contributed by atoms with Gasteiger partial charge in [-0.25, -0.2) is 4.98 Å². The van der Waals surface area contributed by atoms with Gasteiger partial charge in [0.15, 0.2) is 0 Å². The maximum Gasteiger partial charge on any atom is 0.148 e. The highest BCUT2D eigenvalue weighted by molar-refractivity contribution is 9.10. The van der Waals surface area contributed by atoms with Gasteiger partial charge in [-0.2, -0.15) is 0 Å². The quantitative estimate of drug-likeness (QED) is 0.620. The Balaban J connectivity index is 3.17. The monoisotopic (exact) mass is 225 g/mol. The third-order valence-electron chi connectivity index (χ3n) is 0.769. The molecule has 0 bridgehead atoms. The molecule has 0 atom stereocenters. The molecule has 48 valence electrons. The van der Waals surface area contributed by atoms with Crippen molar-refractivity contribution in [3.05, 3.63) is 26.9 Å². The first-order valence-corrected chi connectivity index (χ1v) is 3.72. The normalized spacial score (nSPS) is 9.67. The van der Waals surface area contributed by atoms with Gasteiger partial charge in [-0.3, -0.25) is 0 Å². The standard InChI is InChI=1S/C5H2BrCl2N/c6-4-2-1-3(7)5(8)9-4/h1-2H. The molecular formula is C5H2BrCl2N. The molecule has 0 amide bonds. The van der Waals surface area contributed by atoms with E-state index in [0.29, 0.717) is 14.8 Å². The van der Waals surface area contributed by atoms with Crippen molar-refractivity contribution in [3.8, 4) is 0 Å². The maximum absolute atomic E-state index is 5.57. The lowest BCUT2D eigenvalue weighted by Gasteiger charge is -1.92. The molecule has 0 spiro atoms. The van der Waals surface area contributed by atoms with Gasteiger partial charge < -0.3 is 0 Å². The number of nitrogens with zero attached hydrogens (tertiary/aromatic N) is 1. The molecule has 0 radical (unpaired) electrons. The van der Waals surface area contributed by atoms with Crippen LogP contribution in [0.4, 0.5) is 0 Å². The van der Waals surface area contributed by atoms with E-state index in [0.717, 1.165) is 0 Å². The maximum atomic E-state index is 5.57. The van der Waals surface area contributed by atoms with Gasteiger partial charge in [0.05, 0.1) is 5.02 Å². The van der Waals surface area contributed by atoms with Crippen LogP contribution in [0.3, 0.4) is 0 Å². The van der Waals surface area contributed by atoms with Crippen molar-refractivity contribution in [2.45, 2.75) is 0 Å². The lowest BCUT2D eigenvalue weighted by Crippen LogP contribution is -1.75. The number of rotatable bonds is 0. The fraction of sp³-hybridized carbons (Fsp3) is 0. The molecule has 1 nitrogen and oxygen atoms in total. The van der Waals surface area contributed by atoms with Crippen LogP contribution >= 0.6 is 39.1 Å². The Labute approximate surface area is 71.1 Å². The van der Waals surface area contributed by atoms with Crippen LogP contribution in [0.2, 0.25) is 10.2 Å². The summed E-state index contributed by atoms with van der Waals surface area (Å²) in [4.78, 5) is 3.82. The summed E-state index contributed by atoms with van der Waals surface area (Å²) in [5.41, 5.74) is 0. The first kappa shape index (κ1) is 7.32. The summed E-state index contributed by atoms with van der Waals surface area (Å²) in [6.45, 7) is 0. The van der Waals surface area contributed by atoms with Gasteiger partial charge in [0, 0.05) is 0 Å². The van der Waals surface area contributed by atoms with Gasteiger partial charge in [0.2, 0.25) is 0 Å². The second-order valence-corrected chi connectivity index (χ2v) is 2.98. The third-order valence-corrected chi connectivity index (χ3v) is 1.90. The minimum absolute atomic E-state index is 0.325. The number of pyridine rings is 1. The Bertz CT molecular complexity index is 226. The predicted octanol–water partition coefficient (Wildman–Crippen LogP) is 3.15. The van der Waals surface area contributed by atoms with Gasteiger partial charge >= 0.3 is 0 Å². The molecule has 1 aromatic rings. The Hall–Kier alpha value is 0.210. The smallest absolute Gasteiger partial charge is 0.148 e. The van der Waals surface area contributed by atoms with Gasteiger partial charge in [-0.1, -0.05) is 23.2 Å². The summed E-state index contributed by atoms with van der Waals surface area (Å²) in [7, 11) is 0. The molecule has 0 aliphatic rings. The van der Waals surface area contributed by atoms with Crippen LogP contribution in [0.15, 0.2) is 16.7 Å². The molecule has 9 heavy (non-hydrogen) atoms. The van der Waals surface area contributed by atoms with Crippen molar-refractivity contribution < 1.29 is 0 Å². The zero-order valence-corrected chi connectivity index (χ0v) is 7.33. The third kappa shape index (κ3) is 1.81. The van der Waals surface area contributed by atoms with E-state index in [4.69, 9.17) is 23.2 Å². The fourth-order valence-electron chi connectivity index (χ4n) is 0.395. The second-order valence-electron chi connectivity index (χ2n) is 1.41. The molecule has 0 aliphatic heterocycles. The van der Waals surface area contributed by atoms with E-state index in [-0.39, 0.29) is 0 Å². The molecule has 4 heteroatoms. The molecule has 1 aromatic heterocycles. The number of halogens is 3. The molecule has 0 fully saturated rings. The van der Waals surface area contributed by atoms with Crippen LogP contribution in [0, 0.1) is 0 Å². The molecule has 0 aliphatic carbocycles. The second kappa shape index (κ2) is 2.86. The SMILES string of the molecule is Clc1ccc(Br)nc1Cl. The summed E-state index contributed by atoms with van der Waals surface area (Å²) < 4.78 is 0.692. The zero-order chi connectivity index (χ0) is 6.85. The van der Waals surface area contributed by atoms with Crippen molar-refractivity contribution in [2.75, 3.05) is 0 Å².